The van der Waals surface area contributed by atoms with Crippen molar-refractivity contribution >= 4 is 40.8 Å². The normalized spacial score (nSPS) is 18.0. The fourth-order valence-electron chi connectivity index (χ4n) is 2.63. The van der Waals surface area contributed by atoms with Gasteiger partial charge in [0, 0.05) is 15.7 Å². The highest BCUT2D eigenvalue weighted by Gasteiger charge is 2.43. The van der Waals surface area contributed by atoms with E-state index in [1.807, 2.05) is 6.07 Å². The molecular formula is C17H14Cl2N2O2. The molecule has 1 atom stereocenters. The van der Waals surface area contributed by atoms with Crippen LogP contribution in [-0.2, 0) is 11.3 Å². The zero-order chi connectivity index (χ0) is 16.6. The molecule has 0 aliphatic carbocycles. The van der Waals surface area contributed by atoms with Crippen LogP contribution >= 0.6 is 23.2 Å². The van der Waals surface area contributed by atoms with Crippen molar-refractivity contribution in [3.8, 4) is 0 Å². The molecule has 1 heterocycles. The third-order valence-electron chi connectivity index (χ3n) is 3.78. The molecule has 2 aromatic carbocycles. The zero-order valence-corrected chi connectivity index (χ0v) is 13.9. The maximum absolute atomic E-state index is 12.7. The maximum Gasteiger partial charge on any atom is 0.332 e. The van der Waals surface area contributed by atoms with E-state index in [9.17, 15) is 9.59 Å². The predicted octanol–water partition coefficient (Wildman–Crippen LogP) is 4.35. The molecule has 4 nitrogen and oxygen atoms in total. The first-order valence-corrected chi connectivity index (χ1v) is 7.87. The minimum atomic E-state index is -0.553. The van der Waals surface area contributed by atoms with Crippen molar-refractivity contribution < 1.29 is 9.59 Å². The predicted molar refractivity (Wildman–Crippen MR) is 90.8 cm³/mol. The van der Waals surface area contributed by atoms with Gasteiger partial charge in [0.2, 0.25) is 0 Å². The Morgan fingerprint density at radius 2 is 1.70 bits per heavy atom. The van der Waals surface area contributed by atoms with Gasteiger partial charge < -0.3 is 0 Å². The van der Waals surface area contributed by atoms with Gasteiger partial charge in [0.05, 0.1) is 6.54 Å². The molecule has 1 aliphatic heterocycles. The topological polar surface area (TPSA) is 40.6 Å². The van der Waals surface area contributed by atoms with Crippen molar-refractivity contribution in [2.45, 2.75) is 19.5 Å². The van der Waals surface area contributed by atoms with E-state index in [0.29, 0.717) is 15.7 Å². The number of carbonyl (C=O) groups is 2. The van der Waals surface area contributed by atoms with Crippen molar-refractivity contribution in [3.63, 3.8) is 0 Å². The van der Waals surface area contributed by atoms with Crippen LogP contribution in [0.3, 0.4) is 0 Å². The SMILES string of the molecule is C[C@@H]1C(=O)N(Cc2cccc(Cl)c2)C(=O)N1c1ccc(Cl)cc1. The highest BCUT2D eigenvalue weighted by atomic mass is 35.5. The van der Waals surface area contributed by atoms with Crippen LogP contribution in [-0.4, -0.2) is 22.9 Å². The summed E-state index contributed by atoms with van der Waals surface area (Å²) in [4.78, 5) is 27.8. The average molecular weight is 349 g/mol. The number of rotatable bonds is 3. The monoisotopic (exact) mass is 348 g/mol. The molecule has 3 rings (SSSR count). The molecular weight excluding hydrogens is 335 g/mol. The molecule has 0 bridgehead atoms. The molecule has 1 fully saturated rings. The highest BCUT2D eigenvalue weighted by molar-refractivity contribution is 6.31. The van der Waals surface area contributed by atoms with Gasteiger partial charge in [0.1, 0.15) is 6.04 Å². The second-order valence-corrected chi connectivity index (χ2v) is 6.23. The lowest BCUT2D eigenvalue weighted by Gasteiger charge is -2.19. The lowest BCUT2D eigenvalue weighted by atomic mass is 10.2. The molecule has 0 radical (unpaired) electrons. The highest BCUT2D eigenvalue weighted by Crippen LogP contribution is 2.28. The summed E-state index contributed by atoms with van der Waals surface area (Å²) in [7, 11) is 0. The van der Waals surface area contributed by atoms with E-state index >= 15 is 0 Å². The van der Waals surface area contributed by atoms with Gasteiger partial charge in [0.25, 0.3) is 5.91 Å². The van der Waals surface area contributed by atoms with Crippen LogP contribution in [0.15, 0.2) is 48.5 Å². The fraction of sp³-hybridized carbons (Fsp3) is 0.176. The smallest absolute Gasteiger partial charge is 0.282 e. The third kappa shape index (κ3) is 3.05. The number of imide groups is 1. The van der Waals surface area contributed by atoms with Crippen molar-refractivity contribution in [1.82, 2.24) is 4.90 Å². The van der Waals surface area contributed by atoms with Crippen molar-refractivity contribution in [1.29, 1.82) is 0 Å². The van der Waals surface area contributed by atoms with Crippen LogP contribution in [0.5, 0.6) is 0 Å². The Hall–Kier alpha value is -2.04. The second-order valence-electron chi connectivity index (χ2n) is 5.36. The van der Waals surface area contributed by atoms with E-state index in [1.165, 1.54) is 9.80 Å². The summed E-state index contributed by atoms with van der Waals surface area (Å²) >= 11 is 11.8. The Balaban J connectivity index is 1.87. The molecule has 23 heavy (non-hydrogen) atoms. The number of nitrogens with zero attached hydrogens (tertiary/aromatic N) is 2. The van der Waals surface area contributed by atoms with Crippen LogP contribution in [0, 0.1) is 0 Å². The summed E-state index contributed by atoms with van der Waals surface area (Å²) < 4.78 is 0. The first-order chi connectivity index (χ1) is 11.0. The quantitative estimate of drug-likeness (QED) is 0.773. The number of amides is 3. The molecule has 118 valence electrons. The Morgan fingerprint density at radius 3 is 2.35 bits per heavy atom. The van der Waals surface area contributed by atoms with Gasteiger partial charge in [-0.15, -0.1) is 0 Å². The van der Waals surface area contributed by atoms with Crippen LogP contribution in [0.2, 0.25) is 10.0 Å². The van der Waals surface area contributed by atoms with Crippen LogP contribution in [0.1, 0.15) is 12.5 Å². The van der Waals surface area contributed by atoms with Gasteiger partial charge in [-0.05, 0) is 48.9 Å². The van der Waals surface area contributed by atoms with Gasteiger partial charge in [-0.3, -0.25) is 14.6 Å². The molecule has 0 saturated carbocycles. The molecule has 0 aromatic heterocycles. The second kappa shape index (κ2) is 6.22. The van der Waals surface area contributed by atoms with Crippen LogP contribution < -0.4 is 4.90 Å². The number of anilines is 1. The van der Waals surface area contributed by atoms with E-state index in [1.54, 1.807) is 49.4 Å². The summed E-state index contributed by atoms with van der Waals surface area (Å²) in [6.07, 6.45) is 0. The van der Waals surface area contributed by atoms with Gasteiger partial charge in [-0.2, -0.15) is 0 Å². The molecule has 6 heteroatoms. The molecule has 2 aromatic rings. The first-order valence-electron chi connectivity index (χ1n) is 7.12. The van der Waals surface area contributed by atoms with Gasteiger partial charge in [-0.25, -0.2) is 4.79 Å². The summed E-state index contributed by atoms with van der Waals surface area (Å²) in [6, 6.07) is 13.1. The van der Waals surface area contributed by atoms with E-state index < -0.39 is 6.04 Å². The number of hydrogen-bond donors (Lipinski definition) is 0. The minimum Gasteiger partial charge on any atom is -0.282 e. The lowest BCUT2D eigenvalue weighted by molar-refractivity contribution is -0.127. The summed E-state index contributed by atoms with van der Waals surface area (Å²) in [5, 5.41) is 1.15. The lowest BCUT2D eigenvalue weighted by Crippen LogP contribution is -2.33. The first kappa shape index (κ1) is 15.8. The van der Waals surface area contributed by atoms with E-state index in [0.717, 1.165) is 5.56 Å². The average Bonchev–Trinajstić information content (AvgIpc) is 2.73. The summed E-state index contributed by atoms with van der Waals surface area (Å²) in [5.74, 6) is -0.232. The minimum absolute atomic E-state index is 0.201. The van der Waals surface area contributed by atoms with Crippen molar-refractivity contribution in [2.24, 2.45) is 0 Å². The number of halogens is 2. The van der Waals surface area contributed by atoms with Crippen molar-refractivity contribution in [2.75, 3.05) is 4.90 Å². The number of benzene rings is 2. The molecule has 0 unspecified atom stereocenters. The Morgan fingerprint density at radius 1 is 1.00 bits per heavy atom. The fourth-order valence-corrected chi connectivity index (χ4v) is 2.96. The number of carbonyl (C=O) groups excluding carboxylic acids is 2. The molecule has 0 N–H and O–H groups in total. The van der Waals surface area contributed by atoms with Gasteiger partial charge in [-0.1, -0.05) is 35.3 Å². The van der Waals surface area contributed by atoms with Crippen LogP contribution in [0.4, 0.5) is 10.5 Å². The Bertz CT molecular complexity index is 761. The Kier molecular flexibility index (Phi) is 4.28. The standard InChI is InChI=1S/C17H14Cl2N2O2/c1-11-16(22)20(10-12-3-2-4-14(19)9-12)17(23)21(11)15-7-5-13(18)6-8-15/h2-9,11H,10H2,1H3/t11-/m1/s1. The van der Waals surface area contributed by atoms with Crippen molar-refractivity contribution in [3.05, 3.63) is 64.1 Å². The molecule has 3 amide bonds. The zero-order valence-electron chi connectivity index (χ0n) is 12.4. The van der Waals surface area contributed by atoms with E-state index in [-0.39, 0.29) is 18.5 Å². The Labute approximate surface area is 144 Å². The molecule has 1 saturated heterocycles. The van der Waals surface area contributed by atoms with E-state index in [4.69, 9.17) is 23.2 Å². The van der Waals surface area contributed by atoms with Gasteiger partial charge in [0.15, 0.2) is 0 Å². The number of urea groups is 1. The van der Waals surface area contributed by atoms with Crippen LogP contribution in [0.25, 0.3) is 0 Å². The summed E-state index contributed by atoms with van der Waals surface area (Å²) in [5.41, 5.74) is 1.46. The van der Waals surface area contributed by atoms with E-state index in [2.05, 4.69) is 0 Å². The molecule has 0 spiro atoms. The number of hydrogen-bond acceptors (Lipinski definition) is 2. The maximum atomic E-state index is 12.7. The largest absolute Gasteiger partial charge is 0.332 e. The molecule has 1 aliphatic rings. The third-order valence-corrected chi connectivity index (χ3v) is 4.27. The van der Waals surface area contributed by atoms with Gasteiger partial charge >= 0.3 is 6.03 Å². The summed E-state index contributed by atoms with van der Waals surface area (Å²) in [6.45, 7) is 1.92.